The van der Waals surface area contributed by atoms with Crippen molar-refractivity contribution in [3.63, 3.8) is 0 Å². The SMILES string of the molecule is C=CC(=O)NC(C)(CCCCCCCCCCCCCCCCCC)CS(=O)(=O)[O-].[Na+]. The second kappa shape index (κ2) is 20.7. The summed E-state index contributed by atoms with van der Waals surface area (Å²) in [5, 5.41) is 2.62. The monoisotopic (exact) mass is 467 g/mol. The van der Waals surface area contributed by atoms with E-state index in [-0.39, 0.29) is 29.6 Å². The zero-order valence-corrected chi connectivity index (χ0v) is 23.4. The molecule has 0 aromatic carbocycles. The van der Waals surface area contributed by atoms with Gasteiger partial charge in [-0.25, -0.2) is 8.42 Å². The Morgan fingerprint density at radius 3 is 1.52 bits per heavy atom. The number of amides is 1. The van der Waals surface area contributed by atoms with E-state index in [1.165, 1.54) is 83.5 Å². The minimum absolute atomic E-state index is 0. The van der Waals surface area contributed by atoms with Crippen molar-refractivity contribution < 1.29 is 47.3 Å². The van der Waals surface area contributed by atoms with Crippen LogP contribution >= 0.6 is 0 Å². The van der Waals surface area contributed by atoms with Crippen LogP contribution in [0.5, 0.6) is 0 Å². The van der Waals surface area contributed by atoms with E-state index in [2.05, 4.69) is 18.8 Å². The van der Waals surface area contributed by atoms with Gasteiger partial charge in [-0.2, -0.15) is 0 Å². The third kappa shape index (κ3) is 23.1. The van der Waals surface area contributed by atoms with Gasteiger partial charge < -0.3 is 9.87 Å². The topological polar surface area (TPSA) is 86.3 Å². The standard InChI is InChI=1S/C24H47NO4S.Na/c1-4-6-7-8-9-10-11-12-13-14-15-16-17-18-19-20-21-24(3,22-30(27,28)29)25-23(26)5-2;/h5H,2,4,6-22H2,1,3H3,(H,25,26)(H,27,28,29);/q;+1/p-1. The minimum atomic E-state index is -4.41. The van der Waals surface area contributed by atoms with Crippen molar-refractivity contribution in [2.75, 3.05) is 5.75 Å². The molecule has 0 aliphatic heterocycles. The third-order valence-corrected chi connectivity index (χ3v) is 6.68. The van der Waals surface area contributed by atoms with Gasteiger partial charge in [-0.05, 0) is 19.4 Å². The first kappa shape index (κ1) is 33.3. The molecule has 7 heteroatoms. The molecule has 0 spiro atoms. The maximum atomic E-state index is 11.6. The molecule has 0 bridgehead atoms. The first-order chi connectivity index (χ1) is 14.2. The molecule has 1 N–H and O–H groups in total. The first-order valence-corrected chi connectivity index (χ1v) is 13.7. The molecule has 1 amide bonds. The Morgan fingerprint density at radius 2 is 1.19 bits per heavy atom. The number of carbonyl (C=O) groups excluding carboxylic acids is 1. The van der Waals surface area contributed by atoms with Crippen LogP contribution in [-0.4, -0.2) is 30.2 Å². The molecule has 0 aromatic heterocycles. The Bertz CT molecular complexity index is 554. The number of unbranched alkanes of at least 4 members (excludes halogenated alkanes) is 15. The molecule has 178 valence electrons. The summed E-state index contributed by atoms with van der Waals surface area (Å²) in [4.78, 5) is 11.6. The molecule has 0 aromatic rings. The van der Waals surface area contributed by atoms with Crippen LogP contribution in [0.3, 0.4) is 0 Å². The van der Waals surface area contributed by atoms with Crippen LogP contribution in [0, 0.1) is 0 Å². The van der Waals surface area contributed by atoms with E-state index in [4.69, 9.17) is 0 Å². The molecule has 0 fully saturated rings. The second-order valence-electron chi connectivity index (χ2n) is 9.01. The zero-order valence-electron chi connectivity index (χ0n) is 20.6. The van der Waals surface area contributed by atoms with Gasteiger partial charge in [0.05, 0.1) is 21.4 Å². The molecule has 0 radical (unpaired) electrons. The van der Waals surface area contributed by atoms with Crippen LogP contribution < -0.4 is 34.9 Å². The van der Waals surface area contributed by atoms with Crippen molar-refractivity contribution in [2.45, 2.75) is 129 Å². The third-order valence-electron chi connectivity index (χ3n) is 5.69. The zero-order chi connectivity index (χ0) is 22.7. The van der Waals surface area contributed by atoms with Gasteiger partial charge in [0.1, 0.15) is 0 Å². The fourth-order valence-electron chi connectivity index (χ4n) is 3.97. The Balaban J connectivity index is 0. The van der Waals surface area contributed by atoms with Crippen LogP contribution in [0.25, 0.3) is 0 Å². The molecule has 0 aliphatic carbocycles. The van der Waals surface area contributed by atoms with Crippen molar-refractivity contribution in [3.05, 3.63) is 12.7 Å². The number of nitrogens with one attached hydrogen (secondary N) is 1. The number of rotatable bonds is 21. The van der Waals surface area contributed by atoms with Gasteiger partial charge in [-0.15, -0.1) is 0 Å². The van der Waals surface area contributed by atoms with Crippen molar-refractivity contribution in [3.8, 4) is 0 Å². The maximum absolute atomic E-state index is 11.6. The Kier molecular flexibility index (Phi) is 22.2. The number of carbonyl (C=O) groups is 1. The Morgan fingerprint density at radius 1 is 0.839 bits per heavy atom. The van der Waals surface area contributed by atoms with Crippen molar-refractivity contribution in [2.24, 2.45) is 0 Å². The van der Waals surface area contributed by atoms with Gasteiger partial charge in [0.15, 0.2) is 0 Å². The van der Waals surface area contributed by atoms with Crippen LogP contribution in [0.1, 0.15) is 123 Å². The van der Waals surface area contributed by atoms with Crippen molar-refractivity contribution in [1.82, 2.24) is 5.32 Å². The van der Waals surface area contributed by atoms with Crippen LogP contribution in [-0.2, 0) is 14.9 Å². The average Bonchev–Trinajstić information content (AvgIpc) is 2.66. The molecule has 0 aliphatic rings. The molecule has 0 rings (SSSR count). The minimum Gasteiger partial charge on any atom is -0.748 e. The van der Waals surface area contributed by atoms with Gasteiger partial charge in [0.25, 0.3) is 0 Å². The van der Waals surface area contributed by atoms with Crippen LogP contribution in [0.15, 0.2) is 12.7 Å². The van der Waals surface area contributed by atoms with Gasteiger partial charge in [-0.1, -0.05) is 116 Å². The molecule has 5 nitrogen and oxygen atoms in total. The van der Waals surface area contributed by atoms with E-state index in [1.54, 1.807) is 6.92 Å². The fraction of sp³-hybridized carbons (Fsp3) is 0.875. The molecule has 0 saturated heterocycles. The van der Waals surface area contributed by atoms with E-state index in [0.717, 1.165) is 25.3 Å². The summed E-state index contributed by atoms with van der Waals surface area (Å²) < 4.78 is 33.5. The van der Waals surface area contributed by atoms with Gasteiger partial charge in [-0.3, -0.25) is 4.79 Å². The second-order valence-corrected chi connectivity index (χ2v) is 10.4. The van der Waals surface area contributed by atoms with E-state index in [1.807, 2.05) is 0 Å². The first-order valence-electron chi connectivity index (χ1n) is 12.1. The molecule has 1 atom stereocenters. The summed E-state index contributed by atoms with van der Waals surface area (Å²) in [5.41, 5.74) is -1.03. The van der Waals surface area contributed by atoms with E-state index in [9.17, 15) is 17.8 Å². The molecule has 1 unspecified atom stereocenters. The predicted molar refractivity (Wildman–Crippen MR) is 125 cm³/mol. The largest absolute Gasteiger partial charge is 1.00 e. The van der Waals surface area contributed by atoms with Crippen molar-refractivity contribution >= 4 is 16.0 Å². The summed E-state index contributed by atoms with van der Waals surface area (Å²) in [6.45, 7) is 7.26. The normalized spacial score (nSPS) is 13.3. The van der Waals surface area contributed by atoms with Gasteiger partial charge >= 0.3 is 29.6 Å². The van der Waals surface area contributed by atoms with E-state index in [0.29, 0.717) is 6.42 Å². The molecular weight excluding hydrogens is 421 g/mol. The van der Waals surface area contributed by atoms with Gasteiger partial charge in [0.2, 0.25) is 5.91 Å². The van der Waals surface area contributed by atoms with E-state index < -0.39 is 27.3 Å². The molecule has 31 heavy (non-hydrogen) atoms. The summed E-state index contributed by atoms with van der Waals surface area (Å²) in [6, 6.07) is 0. The van der Waals surface area contributed by atoms with Gasteiger partial charge in [0, 0.05) is 0 Å². The van der Waals surface area contributed by atoms with Crippen LogP contribution in [0.4, 0.5) is 0 Å². The maximum Gasteiger partial charge on any atom is 1.00 e. The number of hydrogen-bond donors (Lipinski definition) is 1. The summed E-state index contributed by atoms with van der Waals surface area (Å²) in [7, 11) is -4.41. The molecule has 0 saturated carbocycles. The van der Waals surface area contributed by atoms with Crippen molar-refractivity contribution in [1.29, 1.82) is 0 Å². The summed E-state index contributed by atoms with van der Waals surface area (Å²) in [5.74, 6) is -1.03. The predicted octanol–water partition coefficient (Wildman–Crippen LogP) is 3.25. The molecular formula is C24H46NNaO4S. The fourth-order valence-corrected chi connectivity index (χ4v) is 4.97. The quantitative estimate of drug-likeness (QED) is 0.122. The summed E-state index contributed by atoms with van der Waals surface area (Å²) in [6.07, 6.45) is 21.9. The molecule has 0 heterocycles. The number of hydrogen-bond acceptors (Lipinski definition) is 4. The van der Waals surface area contributed by atoms with E-state index >= 15 is 0 Å². The average molecular weight is 468 g/mol. The summed E-state index contributed by atoms with van der Waals surface area (Å²) >= 11 is 0. The Hall–Kier alpha value is 0.120. The van der Waals surface area contributed by atoms with Crippen LogP contribution in [0.2, 0.25) is 0 Å². The Labute approximate surface area is 214 Å². The smallest absolute Gasteiger partial charge is 0.748 e.